The number of nitrogens with one attached hydrogen (secondary N) is 2. The van der Waals surface area contributed by atoms with E-state index in [-0.39, 0.29) is 0 Å². The standard InChI is InChI=1S/C11H16N6S/c1-11(6-12,7-4-5-7)17-9-14-8(13-2)15-10(16-9)18-3/h7H,4-5H2,1-3H3,(H2,13,14,15,16,17). The molecule has 0 aliphatic heterocycles. The van der Waals surface area contributed by atoms with Gasteiger partial charge in [-0.1, -0.05) is 11.8 Å². The van der Waals surface area contributed by atoms with Crippen molar-refractivity contribution in [2.24, 2.45) is 5.92 Å². The van der Waals surface area contributed by atoms with Crippen molar-refractivity contribution < 1.29 is 0 Å². The molecule has 0 aromatic carbocycles. The van der Waals surface area contributed by atoms with Gasteiger partial charge in [-0.2, -0.15) is 20.2 Å². The molecule has 0 saturated heterocycles. The lowest BCUT2D eigenvalue weighted by atomic mass is 9.98. The van der Waals surface area contributed by atoms with E-state index in [4.69, 9.17) is 0 Å². The molecule has 96 valence electrons. The predicted octanol–water partition coefficient (Wildman–Crippen LogP) is 1.74. The molecule has 2 rings (SSSR count). The fourth-order valence-corrected chi connectivity index (χ4v) is 2.09. The minimum atomic E-state index is -0.595. The van der Waals surface area contributed by atoms with E-state index in [9.17, 15) is 5.26 Å². The van der Waals surface area contributed by atoms with Crippen molar-refractivity contribution in [2.75, 3.05) is 23.9 Å². The summed E-state index contributed by atoms with van der Waals surface area (Å²) in [6, 6.07) is 2.33. The van der Waals surface area contributed by atoms with E-state index in [1.807, 2.05) is 13.2 Å². The topological polar surface area (TPSA) is 86.5 Å². The molecule has 0 amide bonds. The summed E-state index contributed by atoms with van der Waals surface area (Å²) in [4.78, 5) is 12.7. The Morgan fingerprint density at radius 2 is 2.00 bits per heavy atom. The Labute approximate surface area is 111 Å². The fourth-order valence-electron chi connectivity index (χ4n) is 1.73. The highest BCUT2D eigenvalue weighted by Crippen LogP contribution is 2.40. The van der Waals surface area contributed by atoms with E-state index in [1.165, 1.54) is 11.8 Å². The van der Waals surface area contributed by atoms with E-state index in [1.54, 1.807) is 7.05 Å². The molecule has 6 nitrogen and oxygen atoms in total. The van der Waals surface area contributed by atoms with Gasteiger partial charge in [-0.3, -0.25) is 0 Å². The van der Waals surface area contributed by atoms with Crippen LogP contribution in [0, 0.1) is 17.2 Å². The second kappa shape index (κ2) is 4.98. The summed E-state index contributed by atoms with van der Waals surface area (Å²) in [5, 5.41) is 16.0. The van der Waals surface area contributed by atoms with Crippen LogP contribution in [0.1, 0.15) is 19.8 Å². The average molecular weight is 264 g/mol. The number of anilines is 2. The lowest BCUT2D eigenvalue weighted by molar-refractivity contribution is 0.560. The first-order chi connectivity index (χ1) is 8.61. The molecule has 1 heterocycles. The molecular weight excluding hydrogens is 248 g/mol. The molecule has 0 spiro atoms. The Morgan fingerprint density at radius 1 is 1.33 bits per heavy atom. The summed E-state index contributed by atoms with van der Waals surface area (Å²) in [5.74, 6) is 1.35. The van der Waals surface area contributed by atoms with Gasteiger partial charge in [0.25, 0.3) is 0 Å². The fraction of sp³-hybridized carbons (Fsp3) is 0.636. The summed E-state index contributed by atoms with van der Waals surface area (Å²) in [5.41, 5.74) is -0.595. The smallest absolute Gasteiger partial charge is 0.229 e. The molecular formula is C11H16N6S. The van der Waals surface area contributed by atoms with Gasteiger partial charge in [-0.15, -0.1) is 0 Å². The van der Waals surface area contributed by atoms with E-state index < -0.39 is 5.54 Å². The van der Waals surface area contributed by atoms with Crippen molar-refractivity contribution >= 4 is 23.7 Å². The Bertz CT molecular complexity index is 459. The Hall–Kier alpha value is -1.55. The first-order valence-electron chi connectivity index (χ1n) is 5.78. The second-order valence-corrected chi connectivity index (χ2v) is 5.21. The van der Waals surface area contributed by atoms with Gasteiger partial charge in [0.2, 0.25) is 11.9 Å². The minimum Gasteiger partial charge on any atom is -0.357 e. The van der Waals surface area contributed by atoms with Crippen molar-refractivity contribution in [1.82, 2.24) is 15.0 Å². The van der Waals surface area contributed by atoms with Crippen LogP contribution in [0.2, 0.25) is 0 Å². The van der Waals surface area contributed by atoms with Crippen molar-refractivity contribution in [2.45, 2.75) is 30.5 Å². The molecule has 2 N–H and O–H groups in total. The number of hydrogen-bond acceptors (Lipinski definition) is 7. The van der Waals surface area contributed by atoms with Crippen molar-refractivity contribution in [3.8, 4) is 6.07 Å². The third-order valence-electron chi connectivity index (χ3n) is 3.02. The number of nitrogens with zero attached hydrogens (tertiary/aromatic N) is 4. The summed E-state index contributed by atoms with van der Waals surface area (Å²) in [6.45, 7) is 1.90. The van der Waals surface area contributed by atoms with Crippen LogP contribution in [0.15, 0.2) is 5.16 Å². The van der Waals surface area contributed by atoms with Gasteiger partial charge in [0.1, 0.15) is 5.54 Å². The van der Waals surface area contributed by atoms with E-state index in [0.29, 0.717) is 23.0 Å². The monoisotopic (exact) mass is 264 g/mol. The average Bonchev–Trinajstić information content (AvgIpc) is 3.22. The maximum atomic E-state index is 9.31. The highest BCUT2D eigenvalue weighted by atomic mass is 32.2. The molecule has 1 fully saturated rings. The van der Waals surface area contributed by atoms with Crippen LogP contribution in [0.3, 0.4) is 0 Å². The number of thioether (sulfide) groups is 1. The third kappa shape index (κ3) is 2.64. The van der Waals surface area contributed by atoms with E-state index in [2.05, 4.69) is 31.7 Å². The third-order valence-corrected chi connectivity index (χ3v) is 3.57. The normalized spacial score (nSPS) is 17.7. The van der Waals surface area contributed by atoms with Crippen LogP contribution >= 0.6 is 11.8 Å². The first kappa shape index (κ1) is 12.9. The SMILES string of the molecule is CNc1nc(NC(C)(C#N)C2CC2)nc(SC)n1. The molecule has 1 aromatic rings. The van der Waals surface area contributed by atoms with Crippen LogP contribution in [-0.2, 0) is 0 Å². The van der Waals surface area contributed by atoms with Gasteiger partial charge in [-0.25, -0.2) is 0 Å². The van der Waals surface area contributed by atoms with Crippen LogP contribution in [-0.4, -0.2) is 33.8 Å². The van der Waals surface area contributed by atoms with E-state index in [0.717, 1.165) is 12.8 Å². The molecule has 7 heteroatoms. The second-order valence-electron chi connectivity index (χ2n) is 4.43. The van der Waals surface area contributed by atoms with Crippen molar-refractivity contribution in [3.63, 3.8) is 0 Å². The maximum Gasteiger partial charge on any atom is 0.229 e. The Kier molecular flexibility index (Phi) is 3.57. The number of hydrogen-bond donors (Lipinski definition) is 2. The number of nitriles is 1. The zero-order chi connectivity index (χ0) is 13.2. The predicted molar refractivity (Wildman–Crippen MR) is 71.5 cm³/mol. The summed E-state index contributed by atoms with van der Waals surface area (Å²) < 4.78 is 0. The Balaban J connectivity index is 2.25. The van der Waals surface area contributed by atoms with Gasteiger partial charge in [0.05, 0.1) is 6.07 Å². The number of rotatable bonds is 5. The quantitative estimate of drug-likeness (QED) is 0.783. The molecule has 1 aliphatic rings. The highest BCUT2D eigenvalue weighted by molar-refractivity contribution is 7.98. The molecule has 0 radical (unpaired) electrons. The molecule has 1 atom stereocenters. The molecule has 0 bridgehead atoms. The summed E-state index contributed by atoms with van der Waals surface area (Å²) >= 11 is 1.44. The van der Waals surface area contributed by atoms with Crippen LogP contribution < -0.4 is 10.6 Å². The highest BCUT2D eigenvalue weighted by Gasteiger charge is 2.42. The van der Waals surface area contributed by atoms with Crippen molar-refractivity contribution in [3.05, 3.63) is 0 Å². The van der Waals surface area contributed by atoms with Crippen LogP contribution in [0.4, 0.5) is 11.9 Å². The van der Waals surface area contributed by atoms with E-state index >= 15 is 0 Å². The first-order valence-corrected chi connectivity index (χ1v) is 7.01. The van der Waals surface area contributed by atoms with Gasteiger partial charge in [-0.05, 0) is 31.9 Å². The Morgan fingerprint density at radius 3 is 2.50 bits per heavy atom. The van der Waals surface area contributed by atoms with Crippen LogP contribution in [0.25, 0.3) is 0 Å². The lowest BCUT2D eigenvalue weighted by Crippen LogP contribution is -2.36. The molecule has 1 aliphatic carbocycles. The van der Waals surface area contributed by atoms with Crippen LogP contribution in [0.5, 0.6) is 0 Å². The van der Waals surface area contributed by atoms with Gasteiger partial charge >= 0.3 is 0 Å². The lowest BCUT2D eigenvalue weighted by Gasteiger charge is -2.22. The number of aromatic nitrogens is 3. The zero-order valence-electron chi connectivity index (χ0n) is 10.7. The zero-order valence-corrected chi connectivity index (χ0v) is 11.5. The molecule has 1 saturated carbocycles. The molecule has 1 unspecified atom stereocenters. The van der Waals surface area contributed by atoms with Crippen molar-refractivity contribution in [1.29, 1.82) is 5.26 Å². The largest absolute Gasteiger partial charge is 0.357 e. The van der Waals surface area contributed by atoms with Gasteiger partial charge in [0.15, 0.2) is 5.16 Å². The summed E-state index contributed by atoms with van der Waals surface area (Å²) in [6.07, 6.45) is 4.07. The van der Waals surface area contributed by atoms with Gasteiger partial charge in [0, 0.05) is 7.05 Å². The molecule has 1 aromatic heterocycles. The van der Waals surface area contributed by atoms with Gasteiger partial charge < -0.3 is 10.6 Å². The molecule has 18 heavy (non-hydrogen) atoms. The minimum absolute atomic E-state index is 0.384. The maximum absolute atomic E-state index is 9.31. The summed E-state index contributed by atoms with van der Waals surface area (Å²) in [7, 11) is 1.76.